The molecule has 120 valence electrons. The number of carbonyl (C=O) groups excluding carboxylic acids is 2. The molecule has 0 spiro atoms. The van der Waals surface area contributed by atoms with Gasteiger partial charge < -0.3 is 14.5 Å². The first-order valence-electron chi connectivity index (χ1n) is 7.08. The van der Waals surface area contributed by atoms with Crippen LogP contribution >= 0.6 is 23.2 Å². The number of ether oxygens (including phenoxy) is 1. The lowest BCUT2D eigenvalue weighted by atomic mass is 10.1. The Morgan fingerprint density at radius 1 is 1.09 bits per heavy atom. The Hall–Kier alpha value is -1.46. The topological polar surface area (TPSA) is 49.9 Å². The fourth-order valence-electron chi connectivity index (χ4n) is 2.47. The molecule has 5 nitrogen and oxygen atoms in total. The van der Waals surface area contributed by atoms with Gasteiger partial charge in [0.1, 0.15) is 5.56 Å². The van der Waals surface area contributed by atoms with E-state index in [-0.39, 0.29) is 23.1 Å². The van der Waals surface area contributed by atoms with Crippen LogP contribution in [0.1, 0.15) is 23.7 Å². The number of amides is 2. The van der Waals surface area contributed by atoms with Gasteiger partial charge in [0.2, 0.25) is 5.91 Å². The van der Waals surface area contributed by atoms with Crippen LogP contribution in [-0.2, 0) is 4.79 Å². The molecular weight excluding hydrogens is 327 g/mol. The molecule has 0 bridgehead atoms. The third-order valence-electron chi connectivity index (χ3n) is 3.70. The first-order chi connectivity index (χ1) is 10.5. The maximum atomic E-state index is 12.7. The van der Waals surface area contributed by atoms with Gasteiger partial charge in [0.25, 0.3) is 5.91 Å². The van der Waals surface area contributed by atoms with Gasteiger partial charge in [0.05, 0.1) is 17.2 Å². The van der Waals surface area contributed by atoms with E-state index in [1.165, 1.54) is 7.11 Å². The standard InChI is InChI=1S/C15H18Cl2N2O3/c1-3-12(20)18-6-8-19(9-7-18)15(21)13-10(16)4-5-11(17)14(13)22-2/h4-5H,3,6-9H2,1-2H3. The molecule has 1 heterocycles. The molecule has 0 radical (unpaired) electrons. The van der Waals surface area contributed by atoms with Gasteiger partial charge in [0, 0.05) is 32.6 Å². The van der Waals surface area contributed by atoms with Crippen LogP contribution in [0.4, 0.5) is 0 Å². The molecule has 22 heavy (non-hydrogen) atoms. The summed E-state index contributed by atoms with van der Waals surface area (Å²) in [4.78, 5) is 27.8. The number of benzene rings is 1. The minimum Gasteiger partial charge on any atom is -0.494 e. The second kappa shape index (κ2) is 7.20. The third kappa shape index (κ3) is 3.31. The number of hydrogen-bond acceptors (Lipinski definition) is 3. The van der Waals surface area contributed by atoms with Crippen LogP contribution in [0.15, 0.2) is 12.1 Å². The number of hydrogen-bond donors (Lipinski definition) is 0. The van der Waals surface area contributed by atoms with Crippen molar-refractivity contribution >= 4 is 35.0 Å². The summed E-state index contributed by atoms with van der Waals surface area (Å²) in [6.07, 6.45) is 0.474. The lowest BCUT2D eigenvalue weighted by Crippen LogP contribution is -2.50. The van der Waals surface area contributed by atoms with Crippen molar-refractivity contribution in [2.75, 3.05) is 33.3 Å². The molecule has 1 saturated heterocycles. The molecule has 1 fully saturated rings. The van der Waals surface area contributed by atoms with Gasteiger partial charge in [-0.3, -0.25) is 9.59 Å². The van der Waals surface area contributed by atoms with Crippen LogP contribution in [0.5, 0.6) is 5.75 Å². The highest BCUT2D eigenvalue weighted by Gasteiger charge is 2.28. The number of methoxy groups -OCH3 is 1. The van der Waals surface area contributed by atoms with E-state index < -0.39 is 0 Å². The van der Waals surface area contributed by atoms with E-state index in [9.17, 15) is 9.59 Å². The summed E-state index contributed by atoms with van der Waals surface area (Å²) in [6, 6.07) is 3.17. The first kappa shape index (κ1) is 16.9. The Kier molecular flexibility index (Phi) is 5.53. The quantitative estimate of drug-likeness (QED) is 0.846. The SMILES string of the molecule is CCC(=O)N1CCN(C(=O)c2c(Cl)ccc(Cl)c2OC)CC1. The van der Waals surface area contributed by atoms with Gasteiger partial charge in [-0.15, -0.1) is 0 Å². The molecule has 2 rings (SSSR count). The van der Waals surface area contributed by atoms with Crippen molar-refractivity contribution < 1.29 is 14.3 Å². The summed E-state index contributed by atoms with van der Waals surface area (Å²) in [6.45, 7) is 3.82. The fourth-order valence-corrected chi connectivity index (χ4v) is 2.94. The molecule has 0 unspecified atom stereocenters. The molecule has 0 aromatic heterocycles. The zero-order valence-electron chi connectivity index (χ0n) is 12.6. The molecule has 1 aliphatic rings. The van der Waals surface area contributed by atoms with Gasteiger partial charge in [-0.05, 0) is 12.1 Å². The maximum Gasteiger partial charge on any atom is 0.259 e. The molecule has 1 aromatic rings. The molecule has 0 atom stereocenters. The molecule has 2 amide bonds. The van der Waals surface area contributed by atoms with Crippen molar-refractivity contribution in [1.29, 1.82) is 0 Å². The lowest BCUT2D eigenvalue weighted by molar-refractivity contribution is -0.132. The minimum atomic E-state index is -0.229. The number of nitrogens with zero attached hydrogens (tertiary/aromatic N) is 2. The Labute approximate surface area is 139 Å². The second-order valence-corrected chi connectivity index (χ2v) is 5.78. The van der Waals surface area contributed by atoms with E-state index in [1.807, 2.05) is 6.92 Å². The van der Waals surface area contributed by atoms with Gasteiger partial charge in [-0.1, -0.05) is 30.1 Å². The van der Waals surface area contributed by atoms with Gasteiger partial charge in [0.15, 0.2) is 5.75 Å². The molecular formula is C15H18Cl2N2O3. The van der Waals surface area contributed by atoms with Crippen molar-refractivity contribution in [3.63, 3.8) is 0 Å². The average molecular weight is 345 g/mol. The Bertz CT molecular complexity index is 584. The number of carbonyl (C=O) groups is 2. The normalized spacial score (nSPS) is 14.9. The van der Waals surface area contributed by atoms with Crippen molar-refractivity contribution in [2.24, 2.45) is 0 Å². The van der Waals surface area contributed by atoms with Crippen molar-refractivity contribution in [3.05, 3.63) is 27.7 Å². The second-order valence-electron chi connectivity index (χ2n) is 4.96. The van der Waals surface area contributed by atoms with E-state index in [0.717, 1.165) is 0 Å². The third-order valence-corrected chi connectivity index (χ3v) is 4.31. The highest BCUT2D eigenvalue weighted by Crippen LogP contribution is 2.34. The summed E-state index contributed by atoms with van der Waals surface area (Å²) in [5.41, 5.74) is 0.270. The van der Waals surface area contributed by atoms with Crippen LogP contribution in [0.2, 0.25) is 10.0 Å². The van der Waals surface area contributed by atoms with Crippen molar-refractivity contribution in [3.8, 4) is 5.75 Å². The number of rotatable bonds is 3. The van der Waals surface area contributed by atoms with E-state index in [0.29, 0.717) is 42.6 Å². The van der Waals surface area contributed by atoms with Gasteiger partial charge >= 0.3 is 0 Å². The Morgan fingerprint density at radius 3 is 2.18 bits per heavy atom. The smallest absolute Gasteiger partial charge is 0.259 e. The van der Waals surface area contributed by atoms with Crippen LogP contribution in [-0.4, -0.2) is 54.9 Å². The van der Waals surface area contributed by atoms with Gasteiger partial charge in [-0.25, -0.2) is 0 Å². The van der Waals surface area contributed by atoms with Gasteiger partial charge in [-0.2, -0.15) is 0 Å². The maximum absolute atomic E-state index is 12.7. The Balaban J connectivity index is 2.17. The van der Waals surface area contributed by atoms with Crippen molar-refractivity contribution in [1.82, 2.24) is 9.80 Å². The zero-order valence-corrected chi connectivity index (χ0v) is 14.1. The Morgan fingerprint density at radius 2 is 1.64 bits per heavy atom. The van der Waals surface area contributed by atoms with Crippen LogP contribution in [0, 0.1) is 0 Å². The summed E-state index contributed by atoms with van der Waals surface area (Å²) >= 11 is 12.2. The molecule has 7 heteroatoms. The number of halogens is 2. The molecule has 1 aliphatic heterocycles. The summed E-state index contributed by atoms with van der Waals surface area (Å²) < 4.78 is 5.22. The highest BCUT2D eigenvalue weighted by molar-refractivity contribution is 6.37. The van der Waals surface area contributed by atoms with E-state index in [2.05, 4.69) is 0 Å². The van der Waals surface area contributed by atoms with E-state index >= 15 is 0 Å². The van der Waals surface area contributed by atoms with Crippen LogP contribution in [0.3, 0.4) is 0 Å². The predicted octanol–water partition coefficient (Wildman–Crippen LogP) is 2.70. The molecule has 0 aliphatic carbocycles. The predicted molar refractivity (Wildman–Crippen MR) is 85.8 cm³/mol. The highest BCUT2D eigenvalue weighted by atomic mass is 35.5. The summed E-state index contributed by atoms with van der Waals surface area (Å²) in [5.74, 6) is 0.157. The summed E-state index contributed by atoms with van der Waals surface area (Å²) in [7, 11) is 1.45. The summed E-state index contributed by atoms with van der Waals surface area (Å²) in [5, 5.41) is 0.647. The van der Waals surface area contributed by atoms with Crippen LogP contribution in [0.25, 0.3) is 0 Å². The first-order valence-corrected chi connectivity index (χ1v) is 7.84. The van der Waals surface area contributed by atoms with E-state index in [4.69, 9.17) is 27.9 Å². The largest absolute Gasteiger partial charge is 0.494 e. The average Bonchev–Trinajstić information content (AvgIpc) is 2.55. The zero-order chi connectivity index (χ0) is 16.3. The van der Waals surface area contributed by atoms with Crippen LogP contribution < -0.4 is 4.74 Å². The molecule has 1 aromatic carbocycles. The minimum absolute atomic E-state index is 0.102. The monoisotopic (exact) mass is 344 g/mol. The number of piperazine rings is 1. The molecule has 0 saturated carbocycles. The fraction of sp³-hybridized carbons (Fsp3) is 0.467. The lowest BCUT2D eigenvalue weighted by Gasteiger charge is -2.35. The van der Waals surface area contributed by atoms with E-state index in [1.54, 1.807) is 21.9 Å². The molecule has 0 N–H and O–H groups in total. The van der Waals surface area contributed by atoms with Crippen molar-refractivity contribution in [2.45, 2.75) is 13.3 Å².